The summed E-state index contributed by atoms with van der Waals surface area (Å²) in [5, 5.41) is 0. The molecule has 0 saturated carbocycles. The molecule has 84 valence electrons. The van der Waals surface area contributed by atoms with Crippen molar-refractivity contribution in [1.82, 2.24) is 0 Å². The van der Waals surface area contributed by atoms with E-state index in [1.807, 2.05) is 24.3 Å². The molecule has 1 aliphatic carbocycles. The third-order valence-electron chi connectivity index (χ3n) is 3.76. The number of carbonyl (C=O) groups excluding carboxylic acids is 1. The Morgan fingerprint density at radius 3 is 2.81 bits per heavy atom. The third-order valence-corrected chi connectivity index (χ3v) is 3.76. The zero-order valence-electron chi connectivity index (χ0n) is 9.69. The minimum Gasteiger partial charge on any atom is -0.357 e. The van der Waals surface area contributed by atoms with Crippen LogP contribution in [0.15, 0.2) is 24.3 Å². The highest BCUT2D eigenvalue weighted by Crippen LogP contribution is 2.49. The summed E-state index contributed by atoms with van der Waals surface area (Å²) in [5.41, 5.74) is 1.58. The van der Waals surface area contributed by atoms with Crippen molar-refractivity contribution in [2.24, 2.45) is 5.92 Å². The second-order valence-corrected chi connectivity index (χ2v) is 5.16. The quantitative estimate of drug-likeness (QED) is 0.675. The molecule has 0 amide bonds. The van der Waals surface area contributed by atoms with E-state index >= 15 is 0 Å². The highest BCUT2D eigenvalue weighted by atomic mass is 16.6. The second kappa shape index (κ2) is 3.17. The van der Waals surface area contributed by atoms with E-state index in [-0.39, 0.29) is 11.9 Å². The first-order valence-electron chi connectivity index (χ1n) is 5.96. The van der Waals surface area contributed by atoms with E-state index in [2.05, 4.69) is 13.8 Å². The number of Topliss-reactive ketones (excluding diaryl/α,β-unsaturated/α-hetero) is 1. The first-order chi connectivity index (χ1) is 7.65. The van der Waals surface area contributed by atoms with E-state index in [0.29, 0.717) is 5.92 Å². The fraction of sp³-hybridized carbons (Fsp3) is 0.500. The minimum atomic E-state index is -0.470. The van der Waals surface area contributed by atoms with Crippen LogP contribution < -0.4 is 0 Å². The molecule has 1 aliphatic heterocycles. The van der Waals surface area contributed by atoms with Crippen LogP contribution in [0.4, 0.5) is 0 Å². The molecule has 1 aromatic rings. The molecule has 0 bridgehead atoms. The summed E-state index contributed by atoms with van der Waals surface area (Å²) < 4.78 is 5.73. The fourth-order valence-corrected chi connectivity index (χ4v) is 2.87. The maximum absolute atomic E-state index is 12.4. The summed E-state index contributed by atoms with van der Waals surface area (Å²) >= 11 is 0. The summed E-state index contributed by atoms with van der Waals surface area (Å²) in [5.74, 6) is 0.627. The van der Waals surface area contributed by atoms with Crippen molar-refractivity contribution in [1.29, 1.82) is 0 Å². The largest absolute Gasteiger partial charge is 0.357 e. The van der Waals surface area contributed by atoms with Crippen molar-refractivity contribution < 1.29 is 9.53 Å². The van der Waals surface area contributed by atoms with Crippen LogP contribution in [-0.2, 0) is 11.2 Å². The monoisotopic (exact) mass is 216 g/mol. The Labute approximate surface area is 95.6 Å². The normalized spacial score (nSPS) is 31.9. The molecule has 1 saturated heterocycles. The molecular weight excluding hydrogens is 200 g/mol. The van der Waals surface area contributed by atoms with Crippen molar-refractivity contribution in [3.05, 3.63) is 35.4 Å². The lowest BCUT2D eigenvalue weighted by molar-refractivity contribution is 0.0850. The van der Waals surface area contributed by atoms with Gasteiger partial charge in [0.1, 0.15) is 0 Å². The third kappa shape index (κ3) is 1.20. The maximum atomic E-state index is 12.4. The number of ketones is 1. The van der Waals surface area contributed by atoms with Gasteiger partial charge < -0.3 is 4.74 Å². The van der Waals surface area contributed by atoms with E-state index in [1.54, 1.807) is 0 Å². The molecule has 2 nitrogen and oxygen atoms in total. The molecule has 16 heavy (non-hydrogen) atoms. The molecule has 1 spiro atoms. The molecule has 2 aliphatic rings. The van der Waals surface area contributed by atoms with Gasteiger partial charge in [0.2, 0.25) is 0 Å². The van der Waals surface area contributed by atoms with E-state index in [0.717, 1.165) is 18.4 Å². The highest BCUT2D eigenvalue weighted by molar-refractivity contribution is 6.06. The smallest absolute Gasteiger partial charge is 0.197 e. The van der Waals surface area contributed by atoms with Gasteiger partial charge in [0.15, 0.2) is 11.4 Å². The molecule has 0 unspecified atom stereocenters. The van der Waals surface area contributed by atoms with E-state index in [4.69, 9.17) is 4.74 Å². The van der Waals surface area contributed by atoms with Gasteiger partial charge in [-0.2, -0.15) is 0 Å². The van der Waals surface area contributed by atoms with Gasteiger partial charge in [0.25, 0.3) is 0 Å². The molecule has 1 heterocycles. The van der Waals surface area contributed by atoms with Crippen LogP contribution in [0.3, 0.4) is 0 Å². The zero-order valence-corrected chi connectivity index (χ0v) is 9.69. The van der Waals surface area contributed by atoms with Crippen molar-refractivity contribution in [2.45, 2.75) is 38.4 Å². The van der Waals surface area contributed by atoms with Crippen LogP contribution >= 0.6 is 0 Å². The van der Waals surface area contributed by atoms with Crippen LogP contribution in [0, 0.1) is 5.92 Å². The van der Waals surface area contributed by atoms with Crippen LogP contribution in [0.5, 0.6) is 0 Å². The number of ether oxygens (including phenoxy) is 1. The lowest BCUT2D eigenvalue weighted by Crippen LogP contribution is -2.34. The van der Waals surface area contributed by atoms with Gasteiger partial charge in [-0.3, -0.25) is 4.79 Å². The molecule has 0 radical (unpaired) electrons. The van der Waals surface area contributed by atoms with E-state index in [9.17, 15) is 4.79 Å². The van der Waals surface area contributed by atoms with Crippen LogP contribution in [0.25, 0.3) is 0 Å². The number of hydrogen-bond donors (Lipinski definition) is 0. The molecular formula is C14H16O2. The van der Waals surface area contributed by atoms with E-state index in [1.165, 1.54) is 5.56 Å². The van der Waals surface area contributed by atoms with Crippen LogP contribution in [-0.4, -0.2) is 17.5 Å². The number of rotatable bonds is 1. The molecule has 2 atom stereocenters. The maximum Gasteiger partial charge on any atom is 0.197 e. The van der Waals surface area contributed by atoms with Gasteiger partial charge in [-0.25, -0.2) is 0 Å². The van der Waals surface area contributed by atoms with Crippen molar-refractivity contribution in [3.63, 3.8) is 0 Å². The van der Waals surface area contributed by atoms with Crippen molar-refractivity contribution in [3.8, 4) is 0 Å². The lowest BCUT2D eigenvalue weighted by Gasteiger charge is -2.21. The lowest BCUT2D eigenvalue weighted by atomic mass is 9.78. The summed E-state index contributed by atoms with van der Waals surface area (Å²) in [4.78, 5) is 12.4. The van der Waals surface area contributed by atoms with Crippen LogP contribution in [0.1, 0.15) is 36.2 Å². The molecule has 0 N–H and O–H groups in total. The fourth-order valence-electron chi connectivity index (χ4n) is 2.87. The predicted molar refractivity (Wildman–Crippen MR) is 61.5 cm³/mol. The van der Waals surface area contributed by atoms with Crippen molar-refractivity contribution >= 4 is 5.78 Å². The minimum absolute atomic E-state index is 0.133. The number of benzene rings is 1. The number of epoxide rings is 1. The first kappa shape index (κ1) is 10.0. The first-order valence-corrected chi connectivity index (χ1v) is 5.96. The summed E-state index contributed by atoms with van der Waals surface area (Å²) in [7, 11) is 0. The SMILES string of the molecule is CC(C)[C@H]1O[C@@]12CCc1ccccc1C2=O. The Hall–Kier alpha value is -1.15. The second-order valence-electron chi connectivity index (χ2n) is 5.16. The predicted octanol–water partition coefficient (Wildman–Crippen LogP) is 2.61. The molecule has 2 heteroatoms. The average molecular weight is 216 g/mol. The summed E-state index contributed by atoms with van der Waals surface area (Å²) in [6, 6.07) is 7.91. The van der Waals surface area contributed by atoms with Gasteiger partial charge in [0.05, 0.1) is 6.10 Å². The summed E-state index contributed by atoms with van der Waals surface area (Å²) in [6.45, 7) is 4.24. The Balaban J connectivity index is 1.97. The molecule has 3 rings (SSSR count). The van der Waals surface area contributed by atoms with Gasteiger partial charge in [-0.1, -0.05) is 38.1 Å². The molecule has 0 aromatic heterocycles. The van der Waals surface area contributed by atoms with Crippen LogP contribution in [0.2, 0.25) is 0 Å². The Bertz CT molecular complexity index is 450. The number of fused-ring (bicyclic) bond motifs is 1. The molecule has 1 fully saturated rings. The summed E-state index contributed by atoms with van der Waals surface area (Å²) in [6.07, 6.45) is 1.95. The Morgan fingerprint density at radius 1 is 1.38 bits per heavy atom. The van der Waals surface area contributed by atoms with Gasteiger partial charge in [-0.05, 0) is 24.3 Å². The average Bonchev–Trinajstić information content (AvgIpc) is 3.01. The van der Waals surface area contributed by atoms with Gasteiger partial charge in [0, 0.05) is 5.56 Å². The number of hydrogen-bond acceptors (Lipinski definition) is 2. The number of carbonyl (C=O) groups is 1. The van der Waals surface area contributed by atoms with Gasteiger partial charge in [-0.15, -0.1) is 0 Å². The van der Waals surface area contributed by atoms with Crippen molar-refractivity contribution in [2.75, 3.05) is 0 Å². The van der Waals surface area contributed by atoms with E-state index < -0.39 is 5.60 Å². The standard InChI is InChI=1S/C14H16O2/c1-9(2)13-14(16-13)8-7-10-5-3-4-6-11(10)12(14)15/h3-6,9,13H,7-8H2,1-2H3/t13-,14-/m1/s1. The number of aryl methyl sites for hydroxylation is 1. The Morgan fingerprint density at radius 2 is 2.12 bits per heavy atom. The Kier molecular flexibility index (Phi) is 1.99. The zero-order chi connectivity index (χ0) is 11.3. The van der Waals surface area contributed by atoms with Gasteiger partial charge >= 0.3 is 0 Å². The highest BCUT2D eigenvalue weighted by Gasteiger charge is 2.64. The molecule has 1 aromatic carbocycles. The topological polar surface area (TPSA) is 29.6 Å².